The largest absolute Gasteiger partial charge is 0.466 e. The molecule has 0 aromatic heterocycles. The van der Waals surface area contributed by atoms with E-state index in [0.29, 0.717) is 18.0 Å². The van der Waals surface area contributed by atoms with Gasteiger partial charge in [0.2, 0.25) is 0 Å². The number of anilines is 3. The summed E-state index contributed by atoms with van der Waals surface area (Å²) in [6, 6.07) is 11.4. The van der Waals surface area contributed by atoms with Gasteiger partial charge >= 0.3 is 12.1 Å². The fourth-order valence-electron chi connectivity index (χ4n) is 2.68. The predicted octanol–water partition coefficient (Wildman–Crippen LogP) is 4.41. The molecule has 0 bridgehead atoms. The Kier molecular flexibility index (Phi) is 4.39. The molecule has 4 nitrogen and oxygen atoms in total. The minimum atomic E-state index is -4.48. The monoisotopic (exact) mass is 348 g/mol. The van der Waals surface area contributed by atoms with Crippen molar-refractivity contribution in [1.29, 1.82) is 0 Å². The van der Waals surface area contributed by atoms with E-state index >= 15 is 0 Å². The zero-order chi connectivity index (χ0) is 18.0. The maximum atomic E-state index is 13.2. The van der Waals surface area contributed by atoms with E-state index < -0.39 is 17.7 Å². The van der Waals surface area contributed by atoms with Crippen LogP contribution in [0.4, 0.5) is 30.2 Å². The Morgan fingerprint density at radius 2 is 1.96 bits per heavy atom. The van der Waals surface area contributed by atoms with Crippen molar-refractivity contribution >= 4 is 29.1 Å². The number of hydrogen-bond donors (Lipinski definition) is 1. The van der Waals surface area contributed by atoms with Gasteiger partial charge in [0.1, 0.15) is 0 Å². The predicted molar refractivity (Wildman–Crippen MR) is 89.6 cm³/mol. The van der Waals surface area contributed by atoms with Gasteiger partial charge in [0, 0.05) is 17.3 Å². The minimum absolute atomic E-state index is 0.282. The fraction of sp³-hybridized carbons (Fsp3) is 0.167. The van der Waals surface area contributed by atoms with Crippen molar-refractivity contribution in [2.75, 3.05) is 24.0 Å². The first-order valence-electron chi connectivity index (χ1n) is 7.48. The molecule has 130 valence electrons. The number of nitrogens with zero attached hydrogens (tertiary/aromatic N) is 1. The van der Waals surface area contributed by atoms with Gasteiger partial charge in [0.25, 0.3) is 0 Å². The van der Waals surface area contributed by atoms with Gasteiger partial charge in [-0.2, -0.15) is 13.2 Å². The average Bonchev–Trinajstić information content (AvgIpc) is 3.03. The van der Waals surface area contributed by atoms with Gasteiger partial charge in [-0.1, -0.05) is 18.2 Å². The molecule has 25 heavy (non-hydrogen) atoms. The summed E-state index contributed by atoms with van der Waals surface area (Å²) in [5.41, 5.74) is 1.28. The fourth-order valence-corrected chi connectivity index (χ4v) is 2.68. The summed E-state index contributed by atoms with van der Waals surface area (Å²) in [4.78, 5) is 13.2. The van der Waals surface area contributed by atoms with E-state index in [1.54, 1.807) is 0 Å². The van der Waals surface area contributed by atoms with Crippen molar-refractivity contribution in [3.8, 4) is 0 Å². The first kappa shape index (κ1) is 16.9. The van der Waals surface area contributed by atoms with E-state index in [-0.39, 0.29) is 5.56 Å². The molecule has 3 rings (SSSR count). The number of carbonyl (C=O) groups excluding carboxylic acids is 1. The number of para-hydroxylation sites is 1. The summed E-state index contributed by atoms with van der Waals surface area (Å²) >= 11 is 0. The Balaban J connectivity index is 2.12. The van der Waals surface area contributed by atoms with E-state index in [2.05, 4.69) is 10.1 Å². The molecule has 0 atom stereocenters. The molecular weight excluding hydrogens is 333 g/mol. The average molecular weight is 348 g/mol. The van der Waals surface area contributed by atoms with Gasteiger partial charge < -0.3 is 15.0 Å². The molecule has 1 aliphatic rings. The molecular formula is C18H15F3N2O2. The van der Waals surface area contributed by atoms with Crippen LogP contribution in [-0.2, 0) is 15.7 Å². The molecule has 7 heteroatoms. The SMILES string of the molecule is COC(=O)C=Cc1cc(C(F)(F)F)cc2c1N(c1ccccc1)CN2. The van der Waals surface area contributed by atoms with Crippen molar-refractivity contribution in [2.45, 2.75) is 6.18 Å². The Morgan fingerprint density at radius 3 is 2.60 bits per heavy atom. The summed E-state index contributed by atoms with van der Waals surface area (Å²) < 4.78 is 44.0. The first-order valence-corrected chi connectivity index (χ1v) is 7.48. The lowest BCUT2D eigenvalue weighted by molar-refractivity contribution is -0.137. The van der Waals surface area contributed by atoms with Crippen molar-refractivity contribution in [3.63, 3.8) is 0 Å². The van der Waals surface area contributed by atoms with Gasteiger partial charge in [-0.25, -0.2) is 4.79 Å². The topological polar surface area (TPSA) is 41.6 Å². The van der Waals surface area contributed by atoms with Crippen LogP contribution in [0.5, 0.6) is 0 Å². The molecule has 0 amide bonds. The van der Waals surface area contributed by atoms with Gasteiger partial charge in [-0.15, -0.1) is 0 Å². The highest BCUT2D eigenvalue weighted by Gasteiger charge is 2.34. The lowest BCUT2D eigenvalue weighted by Gasteiger charge is -2.20. The van der Waals surface area contributed by atoms with Crippen molar-refractivity contribution < 1.29 is 22.7 Å². The molecule has 0 saturated carbocycles. The number of benzene rings is 2. The second kappa shape index (κ2) is 6.51. The molecule has 2 aromatic rings. The minimum Gasteiger partial charge on any atom is -0.466 e. The van der Waals surface area contributed by atoms with Crippen molar-refractivity contribution in [3.05, 3.63) is 59.7 Å². The number of nitrogens with one attached hydrogen (secondary N) is 1. The number of alkyl halides is 3. The zero-order valence-electron chi connectivity index (χ0n) is 13.3. The van der Waals surface area contributed by atoms with Gasteiger partial charge in [-0.05, 0) is 30.3 Å². The quantitative estimate of drug-likeness (QED) is 0.659. The number of carbonyl (C=O) groups is 1. The van der Waals surface area contributed by atoms with Crippen LogP contribution >= 0.6 is 0 Å². The highest BCUT2D eigenvalue weighted by atomic mass is 19.4. The number of methoxy groups -OCH3 is 1. The van der Waals surface area contributed by atoms with E-state index in [4.69, 9.17) is 0 Å². The third-order valence-electron chi connectivity index (χ3n) is 3.83. The standard InChI is InChI=1S/C18H15F3N2O2/c1-25-16(24)8-7-12-9-13(18(19,20)21)10-15-17(12)23(11-22-15)14-5-3-2-4-6-14/h2-10,22H,11H2,1H3. The van der Waals surface area contributed by atoms with Gasteiger partial charge in [-0.3, -0.25) is 0 Å². The molecule has 0 aliphatic carbocycles. The van der Waals surface area contributed by atoms with Crippen LogP contribution in [0.3, 0.4) is 0 Å². The number of hydrogen-bond acceptors (Lipinski definition) is 4. The van der Waals surface area contributed by atoms with E-state index in [1.807, 2.05) is 35.2 Å². The number of halogens is 3. The van der Waals surface area contributed by atoms with Crippen LogP contribution in [0.2, 0.25) is 0 Å². The molecule has 1 N–H and O–H groups in total. The Morgan fingerprint density at radius 1 is 1.24 bits per heavy atom. The number of fused-ring (bicyclic) bond motifs is 1. The zero-order valence-corrected chi connectivity index (χ0v) is 13.3. The Labute approximate surface area is 142 Å². The maximum Gasteiger partial charge on any atom is 0.416 e. The normalized spacial score (nSPS) is 13.7. The smallest absolute Gasteiger partial charge is 0.416 e. The number of esters is 1. The molecule has 0 unspecified atom stereocenters. The second-order valence-electron chi connectivity index (χ2n) is 5.41. The van der Waals surface area contributed by atoms with E-state index in [9.17, 15) is 18.0 Å². The molecule has 0 spiro atoms. The third kappa shape index (κ3) is 3.45. The van der Waals surface area contributed by atoms with Crippen LogP contribution in [0.1, 0.15) is 11.1 Å². The second-order valence-corrected chi connectivity index (χ2v) is 5.41. The lowest BCUT2D eigenvalue weighted by Crippen LogP contribution is -2.16. The summed E-state index contributed by atoms with van der Waals surface area (Å²) in [5, 5.41) is 2.98. The lowest BCUT2D eigenvalue weighted by atomic mass is 10.0. The van der Waals surface area contributed by atoms with Crippen LogP contribution < -0.4 is 10.2 Å². The van der Waals surface area contributed by atoms with Crippen molar-refractivity contribution in [2.24, 2.45) is 0 Å². The summed E-state index contributed by atoms with van der Waals surface area (Å²) in [5.74, 6) is -0.636. The van der Waals surface area contributed by atoms with Crippen molar-refractivity contribution in [1.82, 2.24) is 0 Å². The molecule has 1 heterocycles. The third-order valence-corrected chi connectivity index (χ3v) is 3.83. The van der Waals surface area contributed by atoms with E-state index in [0.717, 1.165) is 23.9 Å². The van der Waals surface area contributed by atoms with Gasteiger partial charge in [0.05, 0.1) is 30.7 Å². The molecule has 0 fully saturated rings. The Bertz CT molecular complexity index is 817. The molecule has 2 aromatic carbocycles. The summed E-state index contributed by atoms with van der Waals surface area (Å²) in [6.45, 7) is 0.333. The van der Waals surface area contributed by atoms with Crippen LogP contribution in [0.25, 0.3) is 6.08 Å². The highest BCUT2D eigenvalue weighted by Crippen LogP contribution is 2.44. The first-order chi connectivity index (χ1) is 11.9. The van der Waals surface area contributed by atoms with E-state index in [1.165, 1.54) is 13.2 Å². The number of ether oxygens (including phenoxy) is 1. The molecule has 1 aliphatic heterocycles. The molecule has 0 saturated heterocycles. The summed E-state index contributed by atoms with van der Waals surface area (Å²) in [6.07, 6.45) is -2.04. The van der Waals surface area contributed by atoms with Gasteiger partial charge in [0.15, 0.2) is 0 Å². The highest BCUT2D eigenvalue weighted by molar-refractivity contribution is 5.93. The van der Waals surface area contributed by atoms with Crippen LogP contribution in [0, 0.1) is 0 Å². The Hall–Kier alpha value is -2.96. The van der Waals surface area contributed by atoms with Crippen LogP contribution in [0.15, 0.2) is 48.5 Å². The summed E-state index contributed by atoms with van der Waals surface area (Å²) in [7, 11) is 1.21. The maximum absolute atomic E-state index is 13.2. The van der Waals surface area contributed by atoms with Crippen LogP contribution in [-0.4, -0.2) is 19.7 Å². The number of rotatable bonds is 3. The molecule has 0 radical (unpaired) electrons.